The Morgan fingerprint density at radius 3 is 2.00 bits per heavy atom. The fraction of sp³-hybridized carbons (Fsp3) is 1.00. The molecule has 1 rings (SSSR count). The van der Waals surface area contributed by atoms with Gasteiger partial charge in [0.15, 0.2) is 0 Å². The van der Waals surface area contributed by atoms with Crippen molar-refractivity contribution in [2.45, 2.75) is 25.1 Å². The number of hydrogen-bond acceptors (Lipinski definition) is 1. The predicted molar refractivity (Wildman–Crippen MR) is 42.6 cm³/mol. The van der Waals surface area contributed by atoms with E-state index >= 15 is 0 Å². The van der Waals surface area contributed by atoms with Gasteiger partial charge in [-0.1, -0.05) is 22.6 Å². The number of hydrogen-bond donors (Lipinski definition) is 1. The third kappa shape index (κ3) is 1.49. The van der Waals surface area contributed by atoms with Crippen LogP contribution in [0.1, 0.15) is 12.8 Å². The molecule has 66 valence electrons. The van der Waals surface area contributed by atoms with Crippen molar-refractivity contribution >= 4 is 22.6 Å². The van der Waals surface area contributed by atoms with Gasteiger partial charge in [0.05, 0.1) is 11.5 Å². The molecule has 1 aliphatic rings. The van der Waals surface area contributed by atoms with E-state index in [0.717, 1.165) is 0 Å². The van der Waals surface area contributed by atoms with Crippen molar-refractivity contribution in [3.63, 3.8) is 0 Å². The fourth-order valence-corrected chi connectivity index (χ4v) is 1.93. The summed E-state index contributed by atoms with van der Waals surface area (Å²) in [4.78, 5) is 0. The summed E-state index contributed by atoms with van der Waals surface area (Å²) in [5.41, 5.74) is -1.76. The number of halogens is 4. The van der Waals surface area contributed by atoms with Crippen LogP contribution < -0.4 is 0 Å². The molecule has 1 unspecified atom stereocenters. The Kier molecular flexibility index (Phi) is 2.40. The molecule has 0 radical (unpaired) electrons. The van der Waals surface area contributed by atoms with Crippen molar-refractivity contribution in [3.8, 4) is 0 Å². The summed E-state index contributed by atoms with van der Waals surface area (Å²) in [5.74, 6) is 0. The molecule has 0 bridgehead atoms. The molecule has 1 atom stereocenters. The maximum atomic E-state index is 12.2. The molecule has 0 aromatic carbocycles. The first-order valence-electron chi connectivity index (χ1n) is 3.25. The minimum atomic E-state index is -4.22. The van der Waals surface area contributed by atoms with Crippen LogP contribution in [-0.4, -0.2) is 21.8 Å². The average molecular weight is 280 g/mol. The van der Waals surface area contributed by atoms with Gasteiger partial charge >= 0.3 is 6.18 Å². The number of aliphatic hydroxyl groups is 1. The van der Waals surface area contributed by atoms with Crippen LogP contribution in [0.25, 0.3) is 0 Å². The van der Waals surface area contributed by atoms with Crippen molar-refractivity contribution < 1.29 is 18.3 Å². The van der Waals surface area contributed by atoms with E-state index in [1.165, 1.54) is 0 Å². The molecule has 1 aliphatic carbocycles. The van der Waals surface area contributed by atoms with Gasteiger partial charge in [-0.2, -0.15) is 13.2 Å². The van der Waals surface area contributed by atoms with Crippen molar-refractivity contribution in [1.82, 2.24) is 0 Å². The lowest BCUT2D eigenvalue weighted by Gasteiger charge is -2.23. The SMILES string of the molecule is OC(CI)C1(C(F)(F)F)CC1. The fourth-order valence-electron chi connectivity index (χ4n) is 1.09. The molecular weight excluding hydrogens is 272 g/mol. The quantitative estimate of drug-likeness (QED) is 0.607. The highest BCUT2D eigenvalue weighted by Crippen LogP contribution is 2.60. The van der Waals surface area contributed by atoms with Gasteiger partial charge in [0.25, 0.3) is 0 Å². The Labute approximate surface area is 76.1 Å². The van der Waals surface area contributed by atoms with Gasteiger partial charge in [-0.15, -0.1) is 0 Å². The Hall–Kier alpha value is 0.480. The maximum absolute atomic E-state index is 12.2. The van der Waals surface area contributed by atoms with Gasteiger partial charge in [0, 0.05) is 4.43 Å². The highest BCUT2D eigenvalue weighted by atomic mass is 127. The first-order chi connectivity index (χ1) is 4.94. The molecule has 0 heterocycles. The van der Waals surface area contributed by atoms with E-state index in [2.05, 4.69) is 0 Å². The van der Waals surface area contributed by atoms with Crippen LogP contribution in [0, 0.1) is 5.41 Å². The second kappa shape index (κ2) is 2.76. The standard InChI is InChI=1S/C6H8F3IO/c7-6(8,9)5(1-2-5)4(11)3-10/h4,11H,1-3H2. The highest BCUT2D eigenvalue weighted by molar-refractivity contribution is 14.1. The summed E-state index contributed by atoms with van der Waals surface area (Å²) in [6, 6.07) is 0. The first kappa shape index (κ1) is 9.57. The van der Waals surface area contributed by atoms with Gasteiger partial charge < -0.3 is 5.11 Å². The van der Waals surface area contributed by atoms with Crippen molar-refractivity contribution in [2.75, 3.05) is 4.43 Å². The number of aliphatic hydroxyl groups excluding tert-OH is 1. The smallest absolute Gasteiger partial charge is 0.391 e. The lowest BCUT2D eigenvalue weighted by Crippen LogP contribution is -2.37. The Bertz CT molecular complexity index is 152. The zero-order valence-corrected chi connectivity index (χ0v) is 7.82. The molecule has 5 heteroatoms. The second-order valence-electron chi connectivity index (χ2n) is 2.82. The van der Waals surface area contributed by atoms with E-state index in [4.69, 9.17) is 5.11 Å². The minimum absolute atomic E-state index is 0.0840. The van der Waals surface area contributed by atoms with Gasteiger partial charge in [0.2, 0.25) is 0 Å². The summed E-state index contributed by atoms with van der Waals surface area (Å²) >= 11 is 1.77. The third-order valence-electron chi connectivity index (χ3n) is 2.14. The molecule has 0 saturated heterocycles. The molecule has 0 amide bonds. The topological polar surface area (TPSA) is 20.2 Å². The van der Waals surface area contributed by atoms with E-state index in [1.807, 2.05) is 0 Å². The van der Waals surface area contributed by atoms with E-state index in [0.29, 0.717) is 0 Å². The van der Waals surface area contributed by atoms with Gasteiger partial charge in [-0.3, -0.25) is 0 Å². The van der Waals surface area contributed by atoms with E-state index in [9.17, 15) is 13.2 Å². The van der Waals surface area contributed by atoms with Crippen molar-refractivity contribution in [1.29, 1.82) is 0 Å². The summed E-state index contributed by atoms with van der Waals surface area (Å²) in [7, 11) is 0. The van der Waals surface area contributed by atoms with E-state index < -0.39 is 17.7 Å². The second-order valence-corrected chi connectivity index (χ2v) is 3.70. The summed E-state index contributed by atoms with van der Waals surface area (Å²) < 4.78 is 36.7. The van der Waals surface area contributed by atoms with Crippen LogP contribution in [0.4, 0.5) is 13.2 Å². The molecule has 1 nitrogen and oxygen atoms in total. The number of alkyl halides is 4. The molecule has 1 saturated carbocycles. The molecule has 0 aromatic rings. The Balaban J connectivity index is 2.68. The van der Waals surface area contributed by atoms with Gasteiger partial charge in [-0.05, 0) is 12.8 Å². The highest BCUT2D eigenvalue weighted by Gasteiger charge is 2.66. The monoisotopic (exact) mass is 280 g/mol. The molecule has 1 fully saturated rings. The molecular formula is C6H8F3IO. The van der Waals surface area contributed by atoms with Crippen LogP contribution in [0.3, 0.4) is 0 Å². The summed E-state index contributed by atoms with van der Waals surface area (Å²) in [6.45, 7) is 0. The molecule has 0 aliphatic heterocycles. The zero-order valence-electron chi connectivity index (χ0n) is 5.66. The molecule has 11 heavy (non-hydrogen) atoms. The predicted octanol–water partition coefficient (Wildman–Crippen LogP) is 2.12. The zero-order chi connectivity index (χ0) is 8.70. The minimum Gasteiger partial charge on any atom is -0.391 e. The normalized spacial score (nSPS) is 24.8. The average Bonchev–Trinajstić information content (AvgIpc) is 2.63. The third-order valence-corrected chi connectivity index (χ3v) is 2.97. The van der Waals surface area contributed by atoms with Gasteiger partial charge in [-0.25, -0.2) is 0 Å². The van der Waals surface area contributed by atoms with Crippen LogP contribution in [0.5, 0.6) is 0 Å². The first-order valence-corrected chi connectivity index (χ1v) is 4.77. The van der Waals surface area contributed by atoms with Gasteiger partial charge in [0.1, 0.15) is 0 Å². The lowest BCUT2D eigenvalue weighted by molar-refractivity contribution is -0.210. The Morgan fingerprint density at radius 1 is 1.45 bits per heavy atom. The molecule has 0 aromatic heterocycles. The molecule has 0 spiro atoms. The summed E-state index contributed by atoms with van der Waals surface area (Å²) in [5, 5.41) is 9.06. The van der Waals surface area contributed by atoms with Crippen molar-refractivity contribution in [2.24, 2.45) is 5.41 Å². The Morgan fingerprint density at radius 2 is 1.91 bits per heavy atom. The molecule has 1 N–H and O–H groups in total. The van der Waals surface area contributed by atoms with Crippen molar-refractivity contribution in [3.05, 3.63) is 0 Å². The maximum Gasteiger partial charge on any atom is 0.397 e. The van der Waals surface area contributed by atoms with Crippen LogP contribution >= 0.6 is 22.6 Å². The van der Waals surface area contributed by atoms with Crippen LogP contribution in [0.15, 0.2) is 0 Å². The van der Waals surface area contributed by atoms with E-state index in [1.54, 1.807) is 22.6 Å². The number of rotatable bonds is 2. The largest absolute Gasteiger partial charge is 0.397 e. The summed E-state index contributed by atoms with van der Waals surface area (Å²) in [6.07, 6.45) is -5.28. The lowest BCUT2D eigenvalue weighted by atomic mass is 10.0. The van der Waals surface area contributed by atoms with Crippen LogP contribution in [-0.2, 0) is 0 Å². The van der Waals surface area contributed by atoms with E-state index in [-0.39, 0.29) is 17.3 Å². The van der Waals surface area contributed by atoms with Crippen LogP contribution in [0.2, 0.25) is 0 Å².